The summed E-state index contributed by atoms with van der Waals surface area (Å²) in [6.45, 7) is 4.42. The third-order valence-electron chi connectivity index (χ3n) is 2.38. The summed E-state index contributed by atoms with van der Waals surface area (Å²) in [5, 5.41) is 4.27. The van der Waals surface area contributed by atoms with Gasteiger partial charge in [0, 0.05) is 20.3 Å². The maximum Gasteiger partial charge on any atom is 0.139 e. The molecule has 0 saturated carbocycles. The van der Waals surface area contributed by atoms with Crippen molar-refractivity contribution in [1.82, 2.24) is 5.32 Å². The van der Waals surface area contributed by atoms with Crippen LogP contribution >= 0.6 is 23.2 Å². The smallest absolute Gasteiger partial charge is 0.139 e. The number of hydrogen-bond acceptors (Lipinski definition) is 3. The van der Waals surface area contributed by atoms with Crippen LogP contribution in [-0.4, -0.2) is 32.9 Å². The molecular weight excluding hydrogens is 273 g/mol. The highest BCUT2D eigenvalue weighted by atomic mass is 35.5. The quantitative estimate of drug-likeness (QED) is 0.745. The van der Waals surface area contributed by atoms with Gasteiger partial charge in [0.2, 0.25) is 0 Å². The Kier molecular flexibility index (Phi) is 7.44. The van der Waals surface area contributed by atoms with Gasteiger partial charge in [-0.05, 0) is 32.0 Å². The zero-order valence-electron chi connectivity index (χ0n) is 10.7. The molecule has 5 heteroatoms. The van der Waals surface area contributed by atoms with Crippen LogP contribution in [0.4, 0.5) is 0 Å². The van der Waals surface area contributed by atoms with E-state index in [2.05, 4.69) is 5.32 Å². The van der Waals surface area contributed by atoms with Crippen LogP contribution in [0.25, 0.3) is 0 Å². The molecule has 0 bridgehead atoms. The van der Waals surface area contributed by atoms with Crippen molar-refractivity contribution >= 4 is 23.2 Å². The van der Waals surface area contributed by atoms with Gasteiger partial charge >= 0.3 is 0 Å². The van der Waals surface area contributed by atoms with Crippen LogP contribution in [-0.2, 0) is 4.74 Å². The van der Waals surface area contributed by atoms with Crippen molar-refractivity contribution in [3.63, 3.8) is 0 Å². The number of methoxy groups -OCH3 is 1. The third kappa shape index (κ3) is 5.44. The zero-order valence-corrected chi connectivity index (χ0v) is 12.2. The van der Waals surface area contributed by atoms with Gasteiger partial charge in [0.15, 0.2) is 0 Å². The number of hydrogen-bond donors (Lipinski definition) is 1. The van der Waals surface area contributed by atoms with Crippen molar-refractivity contribution in [3.05, 3.63) is 28.2 Å². The molecule has 18 heavy (non-hydrogen) atoms. The van der Waals surface area contributed by atoms with Gasteiger partial charge in [-0.25, -0.2) is 0 Å². The molecule has 0 aliphatic carbocycles. The molecule has 102 valence electrons. The lowest BCUT2D eigenvalue weighted by Gasteiger charge is -2.16. The number of rotatable bonds is 8. The lowest BCUT2D eigenvalue weighted by Crippen LogP contribution is -2.30. The van der Waals surface area contributed by atoms with E-state index in [9.17, 15) is 0 Å². The fourth-order valence-corrected chi connectivity index (χ4v) is 1.82. The molecule has 1 aromatic rings. The van der Waals surface area contributed by atoms with Gasteiger partial charge < -0.3 is 14.8 Å². The Hall–Kier alpha value is -0.480. The van der Waals surface area contributed by atoms with Crippen molar-refractivity contribution in [1.29, 1.82) is 0 Å². The molecule has 0 saturated heterocycles. The Morgan fingerprint density at radius 1 is 1.33 bits per heavy atom. The van der Waals surface area contributed by atoms with Gasteiger partial charge in [0.05, 0.1) is 5.02 Å². The number of benzene rings is 1. The summed E-state index contributed by atoms with van der Waals surface area (Å²) in [6.07, 6.45) is 1.02. The predicted octanol–water partition coefficient (Wildman–Crippen LogP) is 3.39. The summed E-state index contributed by atoms with van der Waals surface area (Å²) in [7, 11) is 1.70. The van der Waals surface area contributed by atoms with Gasteiger partial charge in [-0.1, -0.05) is 29.3 Å². The van der Waals surface area contributed by atoms with Crippen LogP contribution in [0.15, 0.2) is 18.2 Å². The molecule has 0 aromatic heterocycles. The van der Waals surface area contributed by atoms with E-state index in [1.54, 1.807) is 13.2 Å². The molecule has 1 unspecified atom stereocenters. The summed E-state index contributed by atoms with van der Waals surface area (Å²) in [6, 6.07) is 5.38. The second kappa shape index (κ2) is 8.59. The van der Waals surface area contributed by atoms with E-state index < -0.39 is 0 Å². The Balaban J connectivity index is 2.31. The molecule has 0 radical (unpaired) electrons. The number of ether oxygens (including phenoxy) is 2. The van der Waals surface area contributed by atoms with E-state index in [1.165, 1.54) is 0 Å². The Bertz CT molecular complexity index is 361. The summed E-state index contributed by atoms with van der Waals surface area (Å²) >= 11 is 12.0. The highest BCUT2D eigenvalue weighted by molar-refractivity contribution is 6.42. The fourth-order valence-electron chi connectivity index (χ4n) is 1.48. The Morgan fingerprint density at radius 3 is 2.83 bits per heavy atom. The summed E-state index contributed by atoms with van der Waals surface area (Å²) in [5.74, 6) is 0.621. The van der Waals surface area contributed by atoms with E-state index in [4.69, 9.17) is 32.7 Å². The van der Waals surface area contributed by atoms with E-state index in [1.807, 2.05) is 19.1 Å². The van der Waals surface area contributed by atoms with Crippen molar-refractivity contribution in [3.8, 4) is 5.75 Å². The number of nitrogens with one attached hydrogen (secondary N) is 1. The van der Waals surface area contributed by atoms with E-state index in [0.29, 0.717) is 15.8 Å². The normalized spacial score (nSPS) is 12.4. The minimum atomic E-state index is 0.0310. The van der Waals surface area contributed by atoms with Gasteiger partial charge in [0.25, 0.3) is 0 Å². The van der Waals surface area contributed by atoms with Crippen molar-refractivity contribution < 1.29 is 9.47 Å². The third-order valence-corrected chi connectivity index (χ3v) is 3.18. The first-order chi connectivity index (χ1) is 8.65. The highest BCUT2D eigenvalue weighted by Crippen LogP contribution is 2.31. The number of halogens is 2. The summed E-state index contributed by atoms with van der Waals surface area (Å²) in [4.78, 5) is 0. The van der Waals surface area contributed by atoms with Gasteiger partial charge in [0.1, 0.15) is 16.9 Å². The van der Waals surface area contributed by atoms with Gasteiger partial charge in [-0.2, -0.15) is 0 Å². The Morgan fingerprint density at radius 2 is 2.11 bits per heavy atom. The molecule has 1 rings (SSSR count). The first-order valence-corrected chi connectivity index (χ1v) is 6.71. The standard InChI is InChI=1S/C13H19Cl2NO2/c1-10(9-16-7-4-8-17-2)18-12-6-3-5-11(14)13(12)15/h3,5-6,10,16H,4,7-9H2,1-2H3. The minimum absolute atomic E-state index is 0.0310. The molecule has 0 fully saturated rings. The van der Waals surface area contributed by atoms with E-state index in [0.717, 1.165) is 26.1 Å². The molecule has 3 nitrogen and oxygen atoms in total. The SMILES string of the molecule is COCCCNCC(C)Oc1cccc(Cl)c1Cl. The average molecular weight is 292 g/mol. The molecule has 0 aliphatic rings. The minimum Gasteiger partial charge on any atom is -0.488 e. The Labute approximate surface area is 118 Å². The molecule has 1 N–H and O–H groups in total. The highest BCUT2D eigenvalue weighted by Gasteiger charge is 2.09. The fraction of sp³-hybridized carbons (Fsp3) is 0.538. The molecular formula is C13H19Cl2NO2. The molecule has 1 atom stereocenters. The monoisotopic (exact) mass is 291 g/mol. The van der Waals surface area contributed by atoms with Crippen LogP contribution in [0.2, 0.25) is 10.0 Å². The molecule has 0 amide bonds. The molecule has 0 aliphatic heterocycles. The van der Waals surface area contributed by atoms with E-state index >= 15 is 0 Å². The van der Waals surface area contributed by atoms with Gasteiger partial charge in [-0.3, -0.25) is 0 Å². The lowest BCUT2D eigenvalue weighted by molar-refractivity contribution is 0.188. The van der Waals surface area contributed by atoms with Crippen molar-refractivity contribution in [2.45, 2.75) is 19.4 Å². The summed E-state index contributed by atoms with van der Waals surface area (Å²) in [5.41, 5.74) is 0. The van der Waals surface area contributed by atoms with Crippen LogP contribution in [0, 0.1) is 0 Å². The van der Waals surface area contributed by atoms with Crippen LogP contribution in [0.1, 0.15) is 13.3 Å². The summed E-state index contributed by atoms with van der Waals surface area (Å²) < 4.78 is 10.7. The second-order valence-corrected chi connectivity index (χ2v) is 4.82. The van der Waals surface area contributed by atoms with Crippen LogP contribution in [0.3, 0.4) is 0 Å². The lowest BCUT2D eigenvalue weighted by atomic mass is 10.3. The molecule has 0 spiro atoms. The van der Waals surface area contributed by atoms with Crippen molar-refractivity contribution in [2.75, 3.05) is 26.8 Å². The van der Waals surface area contributed by atoms with Crippen LogP contribution in [0.5, 0.6) is 5.75 Å². The predicted molar refractivity (Wildman–Crippen MR) is 75.9 cm³/mol. The molecule has 1 aromatic carbocycles. The largest absolute Gasteiger partial charge is 0.488 e. The first kappa shape index (κ1) is 15.6. The zero-order chi connectivity index (χ0) is 13.4. The molecule has 0 heterocycles. The van der Waals surface area contributed by atoms with Crippen LogP contribution < -0.4 is 10.1 Å². The van der Waals surface area contributed by atoms with Crippen molar-refractivity contribution in [2.24, 2.45) is 0 Å². The maximum atomic E-state index is 6.05. The topological polar surface area (TPSA) is 30.5 Å². The maximum absolute atomic E-state index is 6.05. The van der Waals surface area contributed by atoms with Gasteiger partial charge in [-0.15, -0.1) is 0 Å². The second-order valence-electron chi connectivity index (χ2n) is 4.03. The van der Waals surface area contributed by atoms with E-state index in [-0.39, 0.29) is 6.10 Å². The first-order valence-electron chi connectivity index (χ1n) is 5.95. The average Bonchev–Trinajstić information content (AvgIpc) is 2.35.